The number of hydrogen-bond acceptors (Lipinski definition) is 5. The number of amides is 1. The van der Waals surface area contributed by atoms with Gasteiger partial charge in [0.25, 0.3) is 5.91 Å². The molecule has 27 heavy (non-hydrogen) atoms. The molecule has 2 aromatic heterocycles. The number of imidazole rings is 1. The number of nitrogens with zero attached hydrogens (tertiary/aromatic N) is 3. The molecular formula is C19H19N3O4S. The van der Waals surface area contributed by atoms with E-state index in [0.29, 0.717) is 28.5 Å². The quantitative estimate of drug-likeness (QED) is 0.745. The zero-order valence-corrected chi connectivity index (χ0v) is 16.1. The fourth-order valence-electron chi connectivity index (χ4n) is 3.42. The average molecular weight is 385 g/mol. The second-order valence-electron chi connectivity index (χ2n) is 6.34. The van der Waals surface area contributed by atoms with Crippen molar-refractivity contribution in [2.45, 2.75) is 26.7 Å². The molecule has 0 radical (unpaired) electrons. The first-order valence-corrected chi connectivity index (χ1v) is 9.57. The monoisotopic (exact) mass is 385 g/mol. The Hall–Kier alpha value is -2.87. The second-order valence-corrected chi connectivity index (χ2v) is 7.40. The molecule has 0 spiro atoms. The van der Waals surface area contributed by atoms with Gasteiger partial charge in [-0.3, -0.25) is 9.20 Å². The summed E-state index contributed by atoms with van der Waals surface area (Å²) in [6.45, 7) is 3.96. The largest absolute Gasteiger partial charge is 0.482 e. The molecule has 0 fully saturated rings. The van der Waals surface area contributed by atoms with E-state index in [9.17, 15) is 14.7 Å². The molecule has 1 N–H and O–H groups in total. The number of thiazole rings is 1. The van der Waals surface area contributed by atoms with E-state index < -0.39 is 5.97 Å². The average Bonchev–Trinajstić information content (AvgIpc) is 3.19. The van der Waals surface area contributed by atoms with Gasteiger partial charge in [-0.05, 0) is 31.0 Å². The number of carbonyl (C=O) groups excluding carboxylic acids is 1. The van der Waals surface area contributed by atoms with Crippen molar-refractivity contribution in [3.8, 4) is 17.0 Å². The fraction of sp³-hybridized carbons (Fsp3) is 0.316. The van der Waals surface area contributed by atoms with Crippen LogP contribution in [0, 0.1) is 0 Å². The summed E-state index contributed by atoms with van der Waals surface area (Å²) in [6.07, 6.45) is 1.30. The maximum atomic E-state index is 12.0. The van der Waals surface area contributed by atoms with E-state index in [-0.39, 0.29) is 18.2 Å². The van der Waals surface area contributed by atoms with Crippen molar-refractivity contribution in [1.29, 1.82) is 0 Å². The number of carboxylic acid groups (broad SMARTS) is 1. The smallest absolute Gasteiger partial charge is 0.354 e. The Labute approximate surface area is 159 Å². The van der Waals surface area contributed by atoms with Crippen LogP contribution in [0.2, 0.25) is 0 Å². The van der Waals surface area contributed by atoms with Crippen molar-refractivity contribution in [2.75, 3.05) is 18.6 Å². The number of aromatic carboxylic acids is 1. The number of fused-ring (bicyclic) bond motifs is 2. The Kier molecular flexibility index (Phi) is 4.15. The van der Waals surface area contributed by atoms with E-state index in [1.165, 1.54) is 11.3 Å². The first kappa shape index (κ1) is 17.5. The van der Waals surface area contributed by atoms with Gasteiger partial charge in [0.15, 0.2) is 17.3 Å². The van der Waals surface area contributed by atoms with E-state index in [1.54, 1.807) is 16.3 Å². The lowest BCUT2D eigenvalue weighted by molar-refractivity contribution is -0.120. The summed E-state index contributed by atoms with van der Waals surface area (Å²) in [7, 11) is 1.71. The Morgan fingerprint density at radius 1 is 1.33 bits per heavy atom. The van der Waals surface area contributed by atoms with Gasteiger partial charge in [0.2, 0.25) is 0 Å². The Balaban J connectivity index is 2.00. The van der Waals surface area contributed by atoms with Crippen molar-refractivity contribution in [3.63, 3.8) is 0 Å². The van der Waals surface area contributed by atoms with Crippen molar-refractivity contribution < 1.29 is 19.4 Å². The van der Waals surface area contributed by atoms with E-state index in [2.05, 4.69) is 4.98 Å². The molecule has 140 valence electrons. The molecule has 7 nitrogen and oxygen atoms in total. The van der Waals surface area contributed by atoms with Crippen molar-refractivity contribution in [3.05, 3.63) is 34.5 Å². The lowest BCUT2D eigenvalue weighted by atomic mass is 10.1. The number of carbonyl (C=O) groups is 2. The molecule has 0 bridgehead atoms. The third-order valence-corrected chi connectivity index (χ3v) is 5.98. The first-order chi connectivity index (χ1) is 13.0. The fourth-order valence-corrected chi connectivity index (χ4v) is 4.52. The van der Waals surface area contributed by atoms with Crippen molar-refractivity contribution in [2.24, 2.45) is 0 Å². The van der Waals surface area contributed by atoms with E-state index in [1.807, 2.05) is 32.0 Å². The van der Waals surface area contributed by atoms with E-state index >= 15 is 0 Å². The number of aromatic nitrogens is 2. The molecule has 0 saturated heterocycles. The van der Waals surface area contributed by atoms with E-state index in [4.69, 9.17) is 4.74 Å². The molecule has 4 rings (SSSR count). The van der Waals surface area contributed by atoms with Crippen LogP contribution in [0.5, 0.6) is 5.75 Å². The number of hydrogen-bond donors (Lipinski definition) is 1. The molecule has 8 heteroatoms. The van der Waals surface area contributed by atoms with Crippen LogP contribution in [-0.2, 0) is 17.6 Å². The number of carboxylic acids is 1. The summed E-state index contributed by atoms with van der Waals surface area (Å²) < 4.78 is 7.24. The summed E-state index contributed by atoms with van der Waals surface area (Å²) in [5, 5.41) is 9.78. The summed E-state index contributed by atoms with van der Waals surface area (Å²) in [5.74, 6) is -0.466. The standard InChI is InChI=1S/C19H19N3O4S/c1-4-11-17(18(24)25)22-16(14(5-2)27-19(22)20-11)10-6-7-13-12(8-10)21(3)15(23)9-26-13/h6-8H,4-5,9H2,1-3H3,(H,24,25). The highest BCUT2D eigenvalue weighted by Crippen LogP contribution is 2.39. The summed E-state index contributed by atoms with van der Waals surface area (Å²) in [5.41, 5.74) is 3.11. The number of anilines is 1. The normalized spacial score (nSPS) is 13.7. The predicted molar refractivity (Wildman–Crippen MR) is 103 cm³/mol. The van der Waals surface area contributed by atoms with Gasteiger partial charge in [0.1, 0.15) is 5.75 Å². The Morgan fingerprint density at radius 3 is 2.78 bits per heavy atom. The van der Waals surface area contributed by atoms with E-state index in [0.717, 1.165) is 22.6 Å². The molecule has 3 aromatic rings. The molecule has 0 unspecified atom stereocenters. The van der Waals surface area contributed by atoms with Gasteiger partial charge >= 0.3 is 5.97 Å². The van der Waals surface area contributed by atoms with Gasteiger partial charge in [0, 0.05) is 17.5 Å². The van der Waals surface area contributed by atoms with Crippen LogP contribution in [0.1, 0.15) is 34.9 Å². The Bertz CT molecular complexity index is 1080. The summed E-state index contributed by atoms with van der Waals surface area (Å²) >= 11 is 1.50. The van der Waals surface area contributed by atoms with Gasteiger partial charge in [-0.25, -0.2) is 9.78 Å². The minimum Gasteiger partial charge on any atom is -0.482 e. The topological polar surface area (TPSA) is 84.1 Å². The maximum Gasteiger partial charge on any atom is 0.354 e. The molecule has 1 aliphatic heterocycles. The minimum absolute atomic E-state index is 0.0241. The zero-order valence-electron chi connectivity index (χ0n) is 15.3. The summed E-state index contributed by atoms with van der Waals surface area (Å²) in [4.78, 5) is 31.7. The number of ether oxygens (including phenoxy) is 1. The molecule has 0 aliphatic carbocycles. The van der Waals surface area contributed by atoms with Crippen LogP contribution in [0.25, 0.3) is 16.2 Å². The van der Waals surface area contributed by atoms with Crippen LogP contribution in [0.15, 0.2) is 18.2 Å². The highest BCUT2D eigenvalue weighted by Gasteiger charge is 2.27. The van der Waals surface area contributed by atoms with Crippen LogP contribution < -0.4 is 9.64 Å². The highest BCUT2D eigenvalue weighted by atomic mass is 32.1. The van der Waals surface area contributed by atoms with Gasteiger partial charge in [-0.1, -0.05) is 13.8 Å². The summed E-state index contributed by atoms with van der Waals surface area (Å²) in [6, 6.07) is 5.61. The third-order valence-electron chi connectivity index (χ3n) is 4.80. The van der Waals surface area contributed by atoms with Crippen LogP contribution in [0.4, 0.5) is 5.69 Å². The van der Waals surface area contributed by atoms with Crippen molar-refractivity contribution >= 4 is 33.9 Å². The molecule has 1 amide bonds. The molecule has 0 saturated carbocycles. The number of rotatable bonds is 4. The molecule has 3 heterocycles. The van der Waals surface area contributed by atoms with Crippen molar-refractivity contribution in [1.82, 2.24) is 9.38 Å². The van der Waals surface area contributed by atoms with Gasteiger partial charge in [-0.15, -0.1) is 11.3 Å². The van der Waals surface area contributed by atoms with Gasteiger partial charge in [-0.2, -0.15) is 0 Å². The number of aryl methyl sites for hydroxylation is 2. The molecule has 0 atom stereocenters. The predicted octanol–water partition coefficient (Wildman–Crippen LogP) is 3.24. The number of likely N-dealkylation sites (N-methyl/N-ethyl adjacent to an activating group) is 1. The first-order valence-electron chi connectivity index (χ1n) is 8.76. The number of benzene rings is 1. The third kappa shape index (κ3) is 2.59. The molecule has 1 aliphatic rings. The second kappa shape index (κ2) is 6.38. The van der Waals surface area contributed by atoms with Gasteiger partial charge in [0.05, 0.1) is 17.1 Å². The lowest BCUT2D eigenvalue weighted by Crippen LogP contribution is -2.35. The van der Waals surface area contributed by atoms with Gasteiger partial charge < -0.3 is 14.7 Å². The SMILES string of the molecule is CCc1nc2sc(CC)c(-c3ccc4c(c3)N(C)C(=O)CO4)n2c1C(=O)O. The molecular weight excluding hydrogens is 366 g/mol. The molecule has 1 aromatic carbocycles. The minimum atomic E-state index is -0.991. The van der Waals surface area contributed by atoms with Crippen LogP contribution in [-0.4, -0.2) is 40.0 Å². The Morgan fingerprint density at radius 2 is 2.11 bits per heavy atom. The maximum absolute atomic E-state index is 12.0. The zero-order chi connectivity index (χ0) is 19.3. The van der Waals surface area contributed by atoms with Crippen LogP contribution in [0.3, 0.4) is 0 Å². The van der Waals surface area contributed by atoms with Crippen LogP contribution >= 0.6 is 11.3 Å². The highest BCUT2D eigenvalue weighted by molar-refractivity contribution is 7.17. The lowest BCUT2D eigenvalue weighted by Gasteiger charge is -2.26.